The predicted octanol–water partition coefficient (Wildman–Crippen LogP) is 1.14. The number of pyridine rings is 1. The Morgan fingerprint density at radius 3 is 3.00 bits per heavy atom. The van der Waals surface area contributed by atoms with Crippen LogP contribution in [0.25, 0.3) is 0 Å². The van der Waals surface area contributed by atoms with Crippen molar-refractivity contribution in [3.63, 3.8) is 0 Å². The third-order valence-electron chi connectivity index (χ3n) is 4.34. The number of hydrogen-bond acceptors (Lipinski definition) is 6. The first kappa shape index (κ1) is 17.3. The fourth-order valence-electron chi connectivity index (χ4n) is 2.87. The number of carbonyl (C=O) groups is 1. The summed E-state index contributed by atoms with van der Waals surface area (Å²) in [7, 11) is 0. The van der Waals surface area contributed by atoms with Crippen LogP contribution in [0, 0.1) is 0 Å². The quantitative estimate of drug-likeness (QED) is 0.873. The van der Waals surface area contributed by atoms with E-state index in [-0.39, 0.29) is 25.1 Å². The SMILES string of the molecule is CC(C)n1cc(C2(O)CCCN(C(=O)COc3cccnc3)C2)nn1. The van der Waals surface area contributed by atoms with Crippen molar-refractivity contribution in [3.05, 3.63) is 36.4 Å². The van der Waals surface area contributed by atoms with E-state index in [9.17, 15) is 9.90 Å². The summed E-state index contributed by atoms with van der Waals surface area (Å²) in [6, 6.07) is 3.66. The van der Waals surface area contributed by atoms with E-state index in [0.717, 1.165) is 0 Å². The Bertz CT molecular complexity index is 718. The summed E-state index contributed by atoms with van der Waals surface area (Å²) in [5.41, 5.74) is -0.665. The van der Waals surface area contributed by atoms with Gasteiger partial charge in [0.1, 0.15) is 17.0 Å². The summed E-state index contributed by atoms with van der Waals surface area (Å²) in [6.45, 7) is 4.69. The minimum Gasteiger partial charge on any atom is -0.482 e. The van der Waals surface area contributed by atoms with Crippen molar-refractivity contribution in [3.8, 4) is 5.75 Å². The van der Waals surface area contributed by atoms with E-state index in [0.29, 0.717) is 30.8 Å². The lowest BCUT2D eigenvalue weighted by Crippen LogP contribution is -2.50. The van der Waals surface area contributed by atoms with Gasteiger partial charge in [-0.2, -0.15) is 0 Å². The van der Waals surface area contributed by atoms with Gasteiger partial charge in [0.15, 0.2) is 6.61 Å². The van der Waals surface area contributed by atoms with Crippen LogP contribution in [-0.2, 0) is 10.4 Å². The molecular weight excluding hydrogens is 322 g/mol. The number of aromatic nitrogens is 4. The first-order valence-corrected chi connectivity index (χ1v) is 8.43. The molecule has 25 heavy (non-hydrogen) atoms. The Labute approximate surface area is 146 Å². The van der Waals surface area contributed by atoms with Crippen LogP contribution in [0.5, 0.6) is 5.75 Å². The van der Waals surface area contributed by atoms with E-state index in [1.165, 1.54) is 0 Å². The van der Waals surface area contributed by atoms with Crippen molar-refractivity contribution in [1.82, 2.24) is 24.9 Å². The summed E-state index contributed by atoms with van der Waals surface area (Å²) in [5, 5.41) is 19.1. The molecule has 3 rings (SSSR count). The minimum absolute atomic E-state index is 0.0829. The molecule has 0 radical (unpaired) electrons. The molecule has 0 saturated carbocycles. The van der Waals surface area contributed by atoms with Gasteiger partial charge in [0.2, 0.25) is 0 Å². The molecule has 2 aromatic rings. The minimum atomic E-state index is -1.17. The first-order chi connectivity index (χ1) is 12.0. The molecule has 8 heteroatoms. The lowest BCUT2D eigenvalue weighted by atomic mass is 9.90. The van der Waals surface area contributed by atoms with Gasteiger partial charge in [0.25, 0.3) is 5.91 Å². The van der Waals surface area contributed by atoms with Gasteiger partial charge in [0.05, 0.1) is 18.9 Å². The molecule has 1 N–H and O–H groups in total. The number of likely N-dealkylation sites (tertiary alicyclic amines) is 1. The Morgan fingerprint density at radius 1 is 1.48 bits per heavy atom. The van der Waals surface area contributed by atoms with E-state index < -0.39 is 5.60 Å². The van der Waals surface area contributed by atoms with Gasteiger partial charge in [-0.05, 0) is 38.8 Å². The zero-order valence-corrected chi connectivity index (χ0v) is 14.5. The lowest BCUT2D eigenvalue weighted by molar-refractivity contribution is -0.141. The van der Waals surface area contributed by atoms with Crippen molar-refractivity contribution in [2.75, 3.05) is 19.7 Å². The second-order valence-corrected chi connectivity index (χ2v) is 6.61. The number of nitrogens with zero attached hydrogens (tertiary/aromatic N) is 5. The molecule has 134 valence electrons. The molecule has 0 bridgehead atoms. The molecule has 2 aromatic heterocycles. The number of ether oxygens (including phenoxy) is 1. The van der Waals surface area contributed by atoms with Crippen molar-refractivity contribution < 1.29 is 14.6 Å². The molecule has 3 heterocycles. The van der Waals surface area contributed by atoms with Crippen molar-refractivity contribution in [2.45, 2.75) is 38.3 Å². The molecule has 1 unspecified atom stereocenters. The predicted molar refractivity (Wildman–Crippen MR) is 89.8 cm³/mol. The normalized spacial score (nSPS) is 20.7. The Morgan fingerprint density at radius 2 is 2.32 bits per heavy atom. The molecule has 1 amide bonds. The summed E-state index contributed by atoms with van der Waals surface area (Å²) in [6.07, 6.45) is 6.21. The topological polar surface area (TPSA) is 93.4 Å². The van der Waals surface area contributed by atoms with E-state index >= 15 is 0 Å². The molecule has 0 aliphatic carbocycles. The number of hydrogen-bond donors (Lipinski definition) is 1. The monoisotopic (exact) mass is 345 g/mol. The standard InChI is InChI=1S/C17H23N5O3/c1-13(2)22-10-15(19-20-22)17(24)6-4-8-21(12-17)16(23)11-25-14-5-3-7-18-9-14/h3,5,7,9-10,13,24H,4,6,8,11-12H2,1-2H3. The van der Waals surface area contributed by atoms with Gasteiger partial charge in [0, 0.05) is 18.8 Å². The fraction of sp³-hybridized carbons (Fsp3) is 0.529. The number of piperidine rings is 1. The highest BCUT2D eigenvalue weighted by Crippen LogP contribution is 2.30. The maximum absolute atomic E-state index is 12.4. The van der Waals surface area contributed by atoms with Crippen LogP contribution in [0.3, 0.4) is 0 Å². The molecule has 0 spiro atoms. The largest absolute Gasteiger partial charge is 0.482 e. The molecule has 1 aliphatic heterocycles. The first-order valence-electron chi connectivity index (χ1n) is 8.43. The molecule has 1 fully saturated rings. The van der Waals surface area contributed by atoms with Gasteiger partial charge in [-0.15, -0.1) is 5.10 Å². The van der Waals surface area contributed by atoms with Crippen LogP contribution < -0.4 is 4.74 Å². The highest BCUT2D eigenvalue weighted by molar-refractivity contribution is 5.78. The van der Waals surface area contributed by atoms with Crippen molar-refractivity contribution in [2.24, 2.45) is 0 Å². The summed E-state index contributed by atoms with van der Waals surface area (Å²) >= 11 is 0. The highest BCUT2D eigenvalue weighted by atomic mass is 16.5. The van der Waals surface area contributed by atoms with Crippen LogP contribution in [0.1, 0.15) is 38.4 Å². The average Bonchev–Trinajstić information content (AvgIpc) is 3.12. The number of carbonyl (C=O) groups excluding carboxylic acids is 1. The summed E-state index contributed by atoms with van der Waals surface area (Å²) in [4.78, 5) is 18.0. The second kappa shape index (κ2) is 7.18. The van der Waals surface area contributed by atoms with Crippen LogP contribution in [0.2, 0.25) is 0 Å². The fourth-order valence-corrected chi connectivity index (χ4v) is 2.87. The van der Waals surface area contributed by atoms with Crippen LogP contribution in [-0.4, -0.2) is 55.6 Å². The number of rotatable bonds is 5. The van der Waals surface area contributed by atoms with Gasteiger partial charge >= 0.3 is 0 Å². The second-order valence-electron chi connectivity index (χ2n) is 6.61. The molecular formula is C17H23N5O3. The van der Waals surface area contributed by atoms with E-state index in [4.69, 9.17) is 4.74 Å². The Hall–Kier alpha value is -2.48. The van der Waals surface area contributed by atoms with E-state index in [1.54, 1.807) is 40.3 Å². The van der Waals surface area contributed by atoms with Gasteiger partial charge < -0.3 is 14.7 Å². The molecule has 1 saturated heterocycles. The maximum atomic E-state index is 12.4. The van der Waals surface area contributed by atoms with Crippen molar-refractivity contribution in [1.29, 1.82) is 0 Å². The van der Waals surface area contributed by atoms with E-state index in [2.05, 4.69) is 15.3 Å². The lowest BCUT2D eigenvalue weighted by Gasteiger charge is -2.37. The zero-order valence-electron chi connectivity index (χ0n) is 14.5. The average molecular weight is 345 g/mol. The molecule has 0 aromatic carbocycles. The molecule has 8 nitrogen and oxygen atoms in total. The highest BCUT2D eigenvalue weighted by Gasteiger charge is 2.39. The zero-order chi connectivity index (χ0) is 17.9. The van der Waals surface area contributed by atoms with Gasteiger partial charge in [-0.3, -0.25) is 9.78 Å². The summed E-state index contributed by atoms with van der Waals surface area (Å²) in [5.74, 6) is 0.376. The third kappa shape index (κ3) is 3.96. The van der Waals surface area contributed by atoms with Crippen molar-refractivity contribution >= 4 is 5.91 Å². The maximum Gasteiger partial charge on any atom is 0.260 e. The van der Waals surface area contributed by atoms with Crippen LogP contribution in [0.4, 0.5) is 0 Å². The number of aliphatic hydroxyl groups is 1. The van der Waals surface area contributed by atoms with Crippen LogP contribution in [0.15, 0.2) is 30.7 Å². The molecule has 1 aliphatic rings. The Balaban J connectivity index is 1.64. The van der Waals surface area contributed by atoms with Gasteiger partial charge in [-0.1, -0.05) is 5.21 Å². The smallest absolute Gasteiger partial charge is 0.260 e. The van der Waals surface area contributed by atoms with E-state index in [1.807, 2.05) is 13.8 Å². The van der Waals surface area contributed by atoms with Crippen LogP contribution >= 0.6 is 0 Å². The number of amides is 1. The third-order valence-corrected chi connectivity index (χ3v) is 4.34. The molecule has 1 atom stereocenters. The number of β-amino-alcohol motifs (C(OH)–C–C–N with tert-alkyl or cyclic N) is 1. The summed E-state index contributed by atoms with van der Waals surface area (Å²) < 4.78 is 7.17. The van der Waals surface area contributed by atoms with Gasteiger partial charge in [-0.25, -0.2) is 4.68 Å². The Kier molecular flexibility index (Phi) is 4.98.